The van der Waals surface area contributed by atoms with Gasteiger partial charge in [0.15, 0.2) is 11.5 Å². The molecule has 0 spiro atoms. The van der Waals surface area contributed by atoms with E-state index in [1.54, 1.807) is 37.6 Å². The van der Waals surface area contributed by atoms with Crippen LogP contribution < -0.4 is 14.2 Å². The molecule has 27 heavy (non-hydrogen) atoms. The highest BCUT2D eigenvalue weighted by molar-refractivity contribution is 6.17. The highest BCUT2D eigenvalue weighted by Crippen LogP contribution is 2.49. The molecule has 0 amide bonds. The molecule has 3 heterocycles. The lowest BCUT2D eigenvalue weighted by atomic mass is 9.94. The van der Waals surface area contributed by atoms with Gasteiger partial charge in [-0.15, -0.1) is 0 Å². The van der Waals surface area contributed by atoms with Crippen LogP contribution in [0.25, 0.3) is 11.6 Å². The molecule has 1 aromatic carbocycles. The maximum atomic E-state index is 13.0. The number of fused-ring (bicyclic) bond motifs is 1. The summed E-state index contributed by atoms with van der Waals surface area (Å²) in [7, 11) is 5.22. The van der Waals surface area contributed by atoms with Crippen LogP contribution in [0.4, 0.5) is 0 Å². The van der Waals surface area contributed by atoms with Gasteiger partial charge in [-0.1, -0.05) is 6.08 Å². The summed E-state index contributed by atoms with van der Waals surface area (Å²) in [5.41, 5.74) is 2.35. The van der Waals surface area contributed by atoms with Crippen LogP contribution in [0.15, 0.2) is 40.7 Å². The molecule has 6 nitrogen and oxygen atoms in total. The number of likely N-dealkylation sites (N-methyl/N-ethyl adjacent to an activating group) is 1. The van der Waals surface area contributed by atoms with Gasteiger partial charge in [0.05, 0.1) is 26.0 Å². The molecule has 0 bridgehead atoms. The normalized spacial score (nSPS) is 18.3. The Morgan fingerprint density at radius 2 is 1.96 bits per heavy atom. The summed E-state index contributed by atoms with van der Waals surface area (Å²) in [5.74, 6) is 2.10. The third kappa shape index (κ3) is 3.02. The number of ketones is 1. The van der Waals surface area contributed by atoms with E-state index >= 15 is 0 Å². The average Bonchev–Trinajstić information content (AvgIpc) is 3.30. The molecule has 0 saturated carbocycles. The Morgan fingerprint density at radius 3 is 2.59 bits per heavy atom. The minimum Gasteiger partial charge on any atom is -0.496 e. The van der Waals surface area contributed by atoms with Crippen molar-refractivity contribution in [2.75, 3.05) is 34.4 Å². The summed E-state index contributed by atoms with van der Waals surface area (Å²) in [6.07, 6.45) is 6.15. The molecule has 0 atom stereocenters. The van der Waals surface area contributed by atoms with Crippen LogP contribution >= 0.6 is 0 Å². The van der Waals surface area contributed by atoms with Gasteiger partial charge >= 0.3 is 0 Å². The Bertz CT molecular complexity index is 940. The van der Waals surface area contributed by atoms with E-state index in [0.29, 0.717) is 28.6 Å². The van der Waals surface area contributed by atoms with E-state index in [2.05, 4.69) is 18.0 Å². The van der Waals surface area contributed by atoms with E-state index in [-0.39, 0.29) is 11.5 Å². The van der Waals surface area contributed by atoms with Crippen molar-refractivity contribution in [3.05, 3.63) is 53.2 Å². The minimum absolute atomic E-state index is 0.210. The number of allylic oxidation sites excluding steroid dienone is 1. The van der Waals surface area contributed by atoms with Crippen LogP contribution in [-0.2, 0) is 0 Å². The molecule has 2 aliphatic rings. The quantitative estimate of drug-likeness (QED) is 0.769. The third-order valence-corrected chi connectivity index (χ3v) is 4.86. The predicted octanol–water partition coefficient (Wildman–Crippen LogP) is 3.63. The zero-order valence-corrected chi connectivity index (χ0v) is 15.6. The van der Waals surface area contributed by atoms with Gasteiger partial charge in [-0.25, -0.2) is 0 Å². The van der Waals surface area contributed by atoms with E-state index in [1.165, 1.54) is 7.11 Å². The van der Waals surface area contributed by atoms with Gasteiger partial charge in [0.1, 0.15) is 22.8 Å². The van der Waals surface area contributed by atoms with Gasteiger partial charge < -0.3 is 23.5 Å². The predicted molar refractivity (Wildman–Crippen MR) is 101 cm³/mol. The smallest absolute Gasteiger partial charge is 0.235 e. The van der Waals surface area contributed by atoms with Crippen molar-refractivity contribution in [1.82, 2.24) is 4.90 Å². The first-order valence-corrected chi connectivity index (χ1v) is 8.77. The Morgan fingerprint density at radius 1 is 1.19 bits per heavy atom. The number of Topliss-reactive ketones (excluding diaryl/α,β-unsaturated/α-hetero) is 1. The van der Waals surface area contributed by atoms with E-state index < -0.39 is 0 Å². The average molecular weight is 367 g/mol. The topological polar surface area (TPSA) is 61.1 Å². The second-order valence-corrected chi connectivity index (χ2v) is 6.56. The second kappa shape index (κ2) is 6.96. The minimum atomic E-state index is -0.226. The maximum Gasteiger partial charge on any atom is 0.235 e. The molecule has 0 radical (unpaired) electrons. The summed E-state index contributed by atoms with van der Waals surface area (Å²) >= 11 is 0. The summed E-state index contributed by atoms with van der Waals surface area (Å²) in [4.78, 5) is 15.2. The summed E-state index contributed by atoms with van der Waals surface area (Å²) < 4.78 is 22.4. The van der Waals surface area contributed by atoms with Crippen molar-refractivity contribution < 1.29 is 23.4 Å². The van der Waals surface area contributed by atoms with Gasteiger partial charge in [-0.2, -0.15) is 0 Å². The van der Waals surface area contributed by atoms with Crippen LogP contribution in [0.5, 0.6) is 17.2 Å². The molecule has 2 aliphatic heterocycles. The molecule has 0 fully saturated rings. The molecule has 6 heteroatoms. The van der Waals surface area contributed by atoms with Gasteiger partial charge in [0.25, 0.3) is 0 Å². The number of methoxy groups -OCH3 is 2. The fourth-order valence-electron chi connectivity index (χ4n) is 3.43. The number of hydrogen-bond donors (Lipinski definition) is 0. The number of hydrogen-bond acceptors (Lipinski definition) is 6. The first-order valence-electron chi connectivity index (χ1n) is 8.77. The zero-order chi connectivity index (χ0) is 19.0. The van der Waals surface area contributed by atoms with Gasteiger partial charge in [-0.3, -0.25) is 4.79 Å². The number of furan rings is 1. The molecule has 0 aliphatic carbocycles. The van der Waals surface area contributed by atoms with Crippen LogP contribution in [-0.4, -0.2) is 45.0 Å². The number of ether oxygens (including phenoxy) is 3. The van der Waals surface area contributed by atoms with Crippen LogP contribution in [0.3, 0.4) is 0 Å². The number of nitrogens with zero attached hydrogens (tertiary/aromatic N) is 1. The fraction of sp³-hybridized carbons (Fsp3) is 0.286. The van der Waals surface area contributed by atoms with Crippen LogP contribution in [0.1, 0.15) is 28.1 Å². The highest BCUT2D eigenvalue weighted by Gasteiger charge is 2.36. The largest absolute Gasteiger partial charge is 0.496 e. The van der Waals surface area contributed by atoms with Crippen molar-refractivity contribution in [3.8, 4) is 17.2 Å². The van der Waals surface area contributed by atoms with Crippen molar-refractivity contribution in [2.45, 2.75) is 6.42 Å². The molecule has 0 unspecified atom stereocenters. The SMILES string of the molecule is COc1cc(OC)c(C2=CCN(C)CC2)c2c1C(=O)/C(=C/c1ccco1)O2. The van der Waals surface area contributed by atoms with Crippen LogP contribution in [0.2, 0.25) is 0 Å². The summed E-state index contributed by atoms with van der Waals surface area (Å²) in [6.45, 7) is 1.77. The number of carbonyl (C=O) groups excluding carboxylic acids is 1. The summed E-state index contributed by atoms with van der Waals surface area (Å²) in [6, 6.07) is 5.28. The first kappa shape index (κ1) is 17.4. The van der Waals surface area contributed by atoms with Gasteiger partial charge in [-0.05, 0) is 31.2 Å². The van der Waals surface area contributed by atoms with Crippen molar-refractivity contribution in [2.24, 2.45) is 0 Å². The Balaban J connectivity index is 1.87. The molecular weight excluding hydrogens is 346 g/mol. The van der Waals surface area contributed by atoms with E-state index in [1.807, 2.05) is 0 Å². The third-order valence-electron chi connectivity index (χ3n) is 4.86. The van der Waals surface area contributed by atoms with Crippen LogP contribution in [0, 0.1) is 0 Å². The molecule has 0 saturated heterocycles. The molecule has 140 valence electrons. The molecule has 0 N–H and O–H groups in total. The maximum absolute atomic E-state index is 13.0. The molecule has 1 aromatic heterocycles. The molecule has 4 rings (SSSR count). The van der Waals surface area contributed by atoms with E-state index in [4.69, 9.17) is 18.6 Å². The number of rotatable bonds is 4. The van der Waals surface area contributed by atoms with Gasteiger partial charge in [0.2, 0.25) is 5.78 Å². The monoisotopic (exact) mass is 367 g/mol. The second-order valence-electron chi connectivity index (χ2n) is 6.56. The zero-order valence-electron chi connectivity index (χ0n) is 15.6. The summed E-state index contributed by atoms with van der Waals surface area (Å²) in [5, 5.41) is 0. The van der Waals surface area contributed by atoms with E-state index in [0.717, 1.165) is 30.6 Å². The fourth-order valence-corrected chi connectivity index (χ4v) is 3.43. The lowest BCUT2D eigenvalue weighted by Gasteiger charge is -2.24. The Labute approximate surface area is 157 Å². The first-order chi connectivity index (χ1) is 13.1. The van der Waals surface area contributed by atoms with E-state index in [9.17, 15) is 4.79 Å². The van der Waals surface area contributed by atoms with Gasteiger partial charge in [0, 0.05) is 25.2 Å². The number of benzene rings is 1. The Hall–Kier alpha value is -2.99. The number of carbonyl (C=O) groups is 1. The standard InChI is InChI=1S/C21H21NO5/c1-22-8-6-13(7-9-22)18-15(24-2)12-16(25-3)19-20(23)17(27-21(18)19)11-14-5-4-10-26-14/h4-6,10-12H,7-9H2,1-3H3/b17-11-. The van der Waals surface area contributed by atoms with Crippen molar-refractivity contribution >= 4 is 17.4 Å². The molecular formula is C21H21NO5. The molecule has 2 aromatic rings. The lowest BCUT2D eigenvalue weighted by molar-refractivity contribution is 0.101. The lowest BCUT2D eigenvalue weighted by Crippen LogP contribution is -2.23. The van der Waals surface area contributed by atoms with Crippen molar-refractivity contribution in [3.63, 3.8) is 0 Å². The highest BCUT2D eigenvalue weighted by atomic mass is 16.5. The Kier molecular flexibility index (Phi) is 4.49. The van der Waals surface area contributed by atoms with Crippen molar-refractivity contribution in [1.29, 1.82) is 0 Å².